The fourth-order valence-corrected chi connectivity index (χ4v) is 1.03. The molecule has 0 bridgehead atoms. The summed E-state index contributed by atoms with van der Waals surface area (Å²) in [7, 11) is 0. The Morgan fingerprint density at radius 3 is 2.62 bits per heavy atom. The molecule has 0 radical (unpaired) electrons. The summed E-state index contributed by atoms with van der Waals surface area (Å²) in [5.74, 6) is 0.281. The van der Waals surface area contributed by atoms with E-state index in [0.29, 0.717) is 11.1 Å². The minimum absolute atomic E-state index is 0.111. The Kier molecular flexibility index (Phi) is 3.96. The fraction of sp³-hybridized carbons (Fsp3) is 0.300. The Labute approximate surface area is 86.0 Å². The predicted octanol–water partition coefficient (Wildman–Crippen LogP) is 2.62. The Balaban J connectivity index is 2.55. The molecule has 2 nitrogen and oxygen atoms in total. The Morgan fingerprint density at radius 1 is 1.46 bits per heavy atom. The van der Waals surface area contributed by atoms with E-state index in [4.69, 9.17) is 4.74 Å². The zero-order valence-electron chi connectivity index (χ0n) is 7.37. The lowest BCUT2D eigenvalue weighted by Gasteiger charge is -2.07. The van der Waals surface area contributed by atoms with Crippen molar-refractivity contribution in [1.29, 1.82) is 0 Å². The Bertz CT molecular complexity index is 272. The number of alkyl halides is 1. The maximum absolute atomic E-state index is 11.3. The molecular weight excluding hydrogens is 232 g/mol. The van der Waals surface area contributed by atoms with Gasteiger partial charge in [0.1, 0.15) is 5.75 Å². The molecule has 1 rings (SSSR count). The summed E-state index contributed by atoms with van der Waals surface area (Å²) in [4.78, 5) is 11.3. The van der Waals surface area contributed by atoms with Crippen molar-refractivity contribution in [3.63, 3.8) is 0 Å². The largest absolute Gasteiger partial charge is 0.426 e. The van der Waals surface area contributed by atoms with Gasteiger partial charge < -0.3 is 4.74 Å². The average Bonchev–Trinajstić information content (AvgIpc) is 2.18. The zero-order valence-corrected chi connectivity index (χ0v) is 8.95. The van der Waals surface area contributed by atoms with Crippen LogP contribution < -0.4 is 4.74 Å². The maximum Gasteiger partial charge on any atom is 0.314 e. The van der Waals surface area contributed by atoms with Crippen molar-refractivity contribution in [2.24, 2.45) is 5.92 Å². The Morgan fingerprint density at radius 2 is 2.08 bits per heavy atom. The SMILES string of the molecule is CC(CBr)C(=O)Oc1ccccc1. The minimum atomic E-state index is -0.205. The van der Waals surface area contributed by atoms with Crippen LogP contribution in [0.2, 0.25) is 0 Å². The van der Waals surface area contributed by atoms with Gasteiger partial charge in [0.25, 0.3) is 0 Å². The normalized spacial score (nSPS) is 12.2. The van der Waals surface area contributed by atoms with Crippen LogP contribution in [0.25, 0.3) is 0 Å². The second kappa shape index (κ2) is 5.02. The topological polar surface area (TPSA) is 26.3 Å². The molecule has 1 aromatic carbocycles. The molecule has 1 aromatic rings. The summed E-state index contributed by atoms with van der Waals surface area (Å²) in [5, 5.41) is 0.624. The summed E-state index contributed by atoms with van der Waals surface area (Å²) in [5.41, 5.74) is 0. The highest BCUT2D eigenvalue weighted by molar-refractivity contribution is 9.09. The van der Waals surface area contributed by atoms with Gasteiger partial charge in [0.05, 0.1) is 5.92 Å². The number of para-hydroxylation sites is 1. The molecule has 0 amide bonds. The number of carbonyl (C=O) groups excluding carboxylic acids is 1. The molecule has 1 unspecified atom stereocenters. The number of rotatable bonds is 3. The third kappa shape index (κ3) is 3.19. The van der Waals surface area contributed by atoms with Gasteiger partial charge in [-0.05, 0) is 12.1 Å². The van der Waals surface area contributed by atoms with Gasteiger partial charge in [-0.3, -0.25) is 4.79 Å². The zero-order chi connectivity index (χ0) is 9.68. The molecule has 0 spiro atoms. The van der Waals surface area contributed by atoms with Gasteiger partial charge in [0, 0.05) is 5.33 Å². The monoisotopic (exact) mass is 242 g/mol. The standard InChI is InChI=1S/C10H11BrO2/c1-8(7-11)10(12)13-9-5-3-2-4-6-9/h2-6,8H,7H2,1H3. The fourth-order valence-electron chi connectivity index (χ4n) is 0.768. The van der Waals surface area contributed by atoms with Crippen LogP contribution in [0, 0.1) is 5.92 Å². The van der Waals surface area contributed by atoms with Crippen molar-refractivity contribution in [2.75, 3.05) is 5.33 Å². The first kappa shape index (κ1) is 10.3. The lowest BCUT2D eigenvalue weighted by Crippen LogP contribution is -2.18. The summed E-state index contributed by atoms with van der Waals surface area (Å²) in [6.07, 6.45) is 0. The van der Waals surface area contributed by atoms with E-state index in [2.05, 4.69) is 15.9 Å². The van der Waals surface area contributed by atoms with Crippen LogP contribution >= 0.6 is 15.9 Å². The van der Waals surface area contributed by atoms with Crippen LogP contribution in [0.3, 0.4) is 0 Å². The lowest BCUT2D eigenvalue weighted by molar-refractivity contribution is -0.137. The molecule has 0 heterocycles. The van der Waals surface area contributed by atoms with Crippen LogP contribution in [0.1, 0.15) is 6.92 Å². The number of esters is 1. The highest BCUT2D eigenvalue weighted by Crippen LogP contribution is 2.11. The summed E-state index contributed by atoms with van der Waals surface area (Å²) >= 11 is 3.23. The van der Waals surface area contributed by atoms with Crippen LogP contribution in [0.5, 0.6) is 5.75 Å². The minimum Gasteiger partial charge on any atom is -0.426 e. The maximum atomic E-state index is 11.3. The van der Waals surface area contributed by atoms with Crippen LogP contribution in [0.4, 0.5) is 0 Å². The molecule has 3 heteroatoms. The van der Waals surface area contributed by atoms with Gasteiger partial charge in [-0.1, -0.05) is 41.1 Å². The van der Waals surface area contributed by atoms with Gasteiger partial charge in [-0.2, -0.15) is 0 Å². The number of benzene rings is 1. The van der Waals surface area contributed by atoms with E-state index in [1.54, 1.807) is 12.1 Å². The van der Waals surface area contributed by atoms with E-state index >= 15 is 0 Å². The van der Waals surface area contributed by atoms with Crippen LogP contribution in [0.15, 0.2) is 30.3 Å². The highest BCUT2D eigenvalue weighted by Gasteiger charge is 2.12. The quantitative estimate of drug-likeness (QED) is 0.463. The predicted molar refractivity (Wildman–Crippen MR) is 55.0 cm³/mol. The Hall–Kier alpha value is -0.830. The molecule has 0 saturated carbocycles. The first-order valence-corrected chi connectivity index (χ1v) is 5.19. The molecule has 0 aliphatic carbocycles. The average molecular weight is 243 g/mol. The molecule has 0 aromatic heterocycles. The summed E-state index contributed by atoms with van der Waals surface area (Å²) < 4.78 is 5.10. The van der Waals surface area contributed by atoms with Crippen LogP contribution in [-0.4, -0.2) is 11.3 Å². The number of carbonyl (C=O) groups is 1. The first-order valence-electron chi connectivity index (χ1n) is 4.06. The van der Waals surface area contributed by atoms with Crippen molar-refractivity contribution in [3.8, 4) is 5.75 Å². The van der Waals surface area contributed by atoms with Crippen molar-refractivity contribution < 1.29 is 9.53 Å². The molecule has 13 heavy (non-hydrogen) atoms. The number of hydrogen-bond acceptors (Lipinski definition) is 2. The molecule has 0 aliphatic rings. The van der Waals surface area contributed by atoms with Crippen LogP contribution in [-0.2, 0) is 4.79 Å². The molecular formula is C10H11BrO2. The van der Waals surface area contributed by atoms with Crippen molar-refractivity contribution >= 4 is 21.9 Å². The van der Waals surface area contributed by atoms with E-state index in [-0.39, 0.29) is 11.9 Å². The van der Waals surface area contributed by atoms with Gasteiger partial charge >= 0.3 is 5.97 Å². The summed E-state index contributed by atoms with van der Waals surface area (Å²) in [6.45, 7) is 1.82. The van der Waals surface area contributed by atoms with Gasteiger partial charge in [0.2, 0.25) is 0 Å². The lowest BCUT2D eigenvalue weighted by atomic mass is 10.2. The molecule has 0 N–H and O–H groups in total. The van der Waals surface area contributed by atoms with Gasteiger partial charge in [-0.15, -0.1) is 0 Å². The van der Waals surface area contributed by atoms with E-state index in [0.717, 1.165) is 0 Å². The van der Waals surface area contributed by atoms with Crippen molar-refractivity contribution in [2.45, 2.75) is 6.92 Å². The number of ether oxygens (including phenoxy) is 1. The first-order chi connectivity index (χ1) is 6.24. The molecule has 0 aliphatic heterocycles. The molecule has 1 atom stereocenters. The molecule has 70 valence electrons. The molecule has 0 fully saturated rings. The summed E-state index contributed by atoms with van der Waals surface area (Å²) in [6, 6.07) is 9.08. The smallest absolute Gasteiger partial charge is 0.314 e. The van der Waals surface area contributed by atoms with E-state index < -0.39 is 0 Å². The van der Waals surface area contributed by atoms with Gasteiger partial charge in [-0.25, -0.2) is 0 Å². The third-order valence-corrected chi connectivity index (χ3v) is 2.57. The van der Waals surface area contributed by atoms with Crippen molar-refractivity contribution in [3.05, 3.63) is 30.3 Å². The number of hydrogen-bond donors (Lipinski definition) is 0. The molecule has 0 saturated heterocycles. The second-order valence-corrected chi connectivity index (χ2v) is 3.44. The van der Waals surface area contributed by atoms with Crippen molar-refractivity contribution in [1.82, 2.24) is 0 Å². The second-order valence-electron chi connectivity index (χ2n) is 2.79. The van der Waals surface area contributed by atoms with Gasteiger partial charge in [0.15, 0.2) is 0 Å². The van der Waals surface area contributed by atoms with E-state index in [9.17, 15) is 4.79 Å². The van der Waals surface area contributed by atoms with E-state index in [1.165, 1.54) is 0 Å². The number of halogens is 1. The third-order valence-electron chi connectivity index (χ3n) is 1.60. The van der Waals surface area contributed by atoms with E-state index in [1.807, 2.05) is 25.1 Å². The highest BCUT2D eigenvalue weighted by atomic mass is 79.9.